The van der Waals surface area contributed by atoms with Gasteiger partial charge in [0.05, 0.1) is 10.7 Å². The lowest BCUT2D eigenvalue weighted by Gasteiger charge is -2.45. The normalized spacial score (nSPS) is 20.4. The van der Waals surface area contributed by atoms with Crippen LogP contribution in [0.1, 0.15) is 37.7 Å². The number of guanidine groups is 2. The second kappa shape index (κ2) is 5.76. The number of rotatable bonds is 1. The SMILES string of the molecule is Cc1c(Cl)cc(N2C(N)=NC(N)=NC23CCCCC3)c(O)c1Cl. The van der Waals surface area contributed by atoms with E-state index in [0.29, 0.717) is 16.3 Å². The smallest absolute Gasteiger partial charge is 0.220 e. The van der Waals surface area contributed by atoms with Crippen LogP contribution in [0, 0.1) is 6.92 Å². The summed E-state index contributed by atoms with van der Waals surface area (Å²) in [5.41, 5.74) is 12.3. The van der Waals surface area contributed by atoms with Gasteiger partial charge in [0.1, 0.15) is 5.66 Å². The van der Waals surface area contributed by atoms with Crippen LogP contribution in [0.15, 0.2) is 16.1 Å². The van der Waals surface area contributed by atoms with Crippen molar-refractivity contribution in [3.63, 3.8) is 0 Å². The summed E-state index contributed by atoms with van der Waals surface area (Å²) < 4.78 is 0. The van der Waals surface area contributed by atoms with Gasteiger partial charge >= 0.3 is 0 Å². The van der Waals surface area contributed by atoms with E-state index in [9.17, 15) is 5.11 Å². The molecule has 1 aliphatic carbocycles. The predicted molar refractivity (Wildman–Crippen MR) is 94.4 cm³/mol. The molecule has 0 amide bonds. The molecular weight excluding hydrogens is 337 g/mol. The Kier molecular flexibility index (Phi) is 4.06. The molecule has 6 nitrogen and oxygen atoms in total. The van der Waals surface area contributed by atoms with Gasteiger partial charge in [0.25, 0.3) is 0 Å². The number of nitrogens with two attached hydrogens (primary N) is 2. The Morgan fingerprint density at radius 3 is 2.52 bits per heavy atom. The van der Waals surface area contributed by atoms with Gasteiger partial charge in [-0.2, -0.15) is 4.99 Å². The molecule has 1 aromatic rings. The highest BCUT2D eigenvalue weighted by atomic mass is 35.5. The summed E-state index contributed by atoms with van der Waals surface area (Å²) in [6.45, 7) is 1.74. The van der Waals surface area contributed by atoms with Gasteiger partial charge < -0.3 is 16.6 Å². The lowest BCUT2D eigenvalue weighted by Crippen LogP contribution is -2.58. The van der Waals surface area contributed by atoms with Gasteiger partial charge in [-0.3, -0.25) is 4.90 Å². The van der Waals surface area contributed by atoms with Crippen LogP contribution >= 0.6 is 23.2 Å². The Hall–Kier alpha value is -1.66. The molecule has 5 N–H and O–H groups in total. The molecule has 2 aliphatic rings. The monoisotopic (exact) mass is 355 g/mol. The van der Waals surface area contributed by atoms with Gasteiger partial charge in [0, 0.05) is 5.02 Å². The maximum atomic E-state index is 10.5. The Balaban J connectivity index is 2.18. The molecule has 124 valence electrons. The summed E-state index contributed by atoms with van der Waals surface area (Å²) in [4.78, 5) is 10.3. The molecule has 0 radical (unpaired) electrons. The maximum absolute atomic E-state index is 10.5. The quantitative estimate of drug-likeness (QED) is 0.720. The standard InChI is InChI=1S/C15H19Cl2N5O/c1-8-9(16)7-10(12(23)11(8)17)22-14(19)20-13(18)21-15(22)5-3-2-4-6-15/h7,23H,2-6H2,1H3,(H4,18,19,20,21). The van der Waals surface area contributed by atoms with Crippen molar-refractivity contribution in [2.75, 3.05) is 4.90 Å². The summed E-state index contributed by atoms with van der Waals surface area (Å²) in [7, 11) is 0. The zero-order valence-electron chi connectivity index (χ0n) is 12.8. The van der Waals surface area contributed by atoms with Crippen molar-refractivity contribution in [2.24, 2.45) is 21.5 Å². The molecule has 23 heavy (non-hydrogen) atoms. The van der Waals surface area contributed by atoms with Crippen LogP contribution in [-0.4, -0.2) is 22.7 Å². The second-order valence-electron chi connectivity index (χ2n) is 5.98. The highest BCUT2D eigenvalue weighted by Crippen LogP contribution is 2.46. The number of halogens is 2. The first-order chi connectivity index (χ1) is 10.9. The summed E-state index contributed by atoms with van der Waals surface area (Å²) in [5.74, 6) is 0.266. The number of benzene rings is 1. The third-order valence-electron chi connectivity index (χ3n) is 4.49. The van der Waals surface area contributed by atoms with Crippen molar-refractivity contribution in [1.29, 1.82) is 0 Å². The first-order valence-corrected chi connectivity index (χ1v) is 8.28. The maximum Gasteiger partial charge on any atom is 0.220 e. The summed E-state index contributed by atoms with van der Waals surface area (Å²) >= 11 is 12.5. The molecule has 8 heteroatoms. The number of hydrogen-bond donors (Lipinski definition) is 3. The topological polar surface area (TPSA) is 100 Å². The van der Waals surface area contributed by atoms with Crippen molar-refractivity contribution >= 4 is 40.8 Å². The zero-order chi connectivity index (χ0) is 16.8. The summed E-state index contributed by atoms with van der Waals surface area (Å²) in [6.07, 6.45) is 4.66. The van der Waals surface area contributed by atoms with Crippen LogP contribution in [0.25, 0.3) is 0 Å². The average Bonchev–Trinajstić information content (AvgIpc) is 2.50. The Labute approximate surface area is 144 Å². The van der Waals surface area contributed by atoms with Crippen molar-refractivity contribution in [1.82, 2.24) is 0 Å². The van der Waals surface area contributed by atoms with Gasteiger partial charge in [0.15, 0.2) is 5.75 Å². The Morgan fingerprint density at radius 1 is 1.22 bits per heavy atom. The molecular formula is C15H19Cl2N5O. The van der Waals surface area contributed by atoms with E-state index < -0.39 is 5.66 Å². The fraction of sp³-hybridized carbons (Fsp3) is 0.467. The summed E-state index contributed by atoms with van der Waals surface area (Å²) in [5, 5.41) is 11.2. The van der Waals surface area contributed by atoms with E-state index in [1.807, 2.05) is 0 Å². The van der Waals surface area contributed by atoms with E-state index in [-0.39, 0.29) is 22.7 Å². The molecule has 0 unspecified atom stereocenters. The molecule has 0 saturated heterocycles. The highest BCUT2D eigenvalue weighted by molar-refractivity contribution is 6.37. The molecule has 0 atom stereocenters. The number of phenols is 1. The van der Waals surface area contributed by atoms with Crippen molar-refractivity contribution in [3.05, 3.63) is 21.7 Å². The van der Waals surface area contributed by atoms with E-state index >= 15 is 0 Å². The second-order valence-corrected chi connectivity index (χ2v) is 6.77. The van der Waals surface area contributed by atoms with Gasteiger partial charge in [-0.05, 0) is 44.2 Å². The molecule has 1 spiro atoms. The van der Waals surface area contributed by atoms with Crippen LogP contribution in [0.2, 0.25) is 10.0 Å². The average molecular weight is 356 g/mol. The Bertz CT molecular complexity index is 710. The largest absolute Gasteiger partial charge is 0.504 e. The zero-order valence-corrected chi connectivity index (χ0v) is 14.3. The van der Waals surface area contributed by atoms with Crippen LogP contribution < -0.4 is 16.4 Å². The lowest BCUT2D eigenvalue weighted by atomic mass is 9.87. The number of anilines is 1. The number of aliphatic imine (C=N–C) groups is 2. The highest BCUT2D eigenvalue weighted by Gasteiger charge is 2.43. The van der Waals surface area contributed by atoms with E-state index in [1.165, 1.54) is 0 Å². The van der Waals surface area contributed by atoms with Gasteiger partial charge in [-0.25, -0.2) is 4.99 Å². The minimum atomic E-state index is -0.645. The van der Waals surface area contributed by atoms with Crippen LogP contribution in [-0.2, 0) is 0 Å². The van der Waals surface area contributed by atoms with E-state index in [2.05, 4.69) is 9.98 Å². The Morgan fingerprint density at radius 2 is 1.87 bits per heavy atom. The number of nitrogens with zero attached hydrogens (tertiary/aromatic N) is 3. The van der Waals surface area contributed by atoms with Gasteiger partial charge in [-0.1, -0.05) is 29.6 Å². The van der Waals surface area contributed by atoms with Crippen molar-refractivity contribution in [3.8, 4) is 5.75 Å². The minimum Gasteiger partial charge on any atom is -0.504 e. The molecule has 1 fully saturated rings. The number of aromatic hydroxyl groups is 1. The molecule has 1 aliphatic heterocycles. The van der Waals surface area contributed by atoms with Gasteiger partial charge in [-0.15, -0.1) is 0 Å². The minimum absolute atomic E-state index is 0.0765. The molecule has 1 saturated carbocycles. The van der Waals surface area contributed by atoms with Crippen molar-refractivity contribution in [2.45, 2.75) is 44.7 Å². The fourth-order valence-electron chi connectivity index (χ4n) is 3.33. The third kappa shape index (κ3) is 2.60. The first kappa shape index (κ1) is 16.2. The molecule has 1 heterocycles. The summed E-state index contributed by atoms with van der Waals surface area (Å²) in [6, 6.07) is 1.65. The van der Waals surface area contributed by atoms with Crippen molar-refractivity contribution < 1.29 is 5.11 Å². The van der Waals surface area contributed by atoms with Crippen LogP contribution in [0.4, 0.5) is 5.69 Å². The number of phenolic OH excluding ortho intramolecular Hbond substituents is 1. The van der Waals surface area contributed by atoms with Crippen LogP contribution in [0.5, 0.6) is 5.75 Å². The van der Waals surface area contributed by atoms with Crippen LogP contribution in [0.3, 0.4) is 0 Å². The fourth-order valence-corrected chi connectivity index (χ4v) is 3.78. The lowest BCUT2D eigenvalue weighted by molar-refractivity contribution is 0.303. The third-order valence-corrected chi connectivity index (χ3v) is 5.35. The van der Waals surface area contributed by atoms with E-state index in [1.54, 1.807) is 17.9 Å². The first-order valence-electron chi connectivity index (χ1n) is 7.53. The molecule has 0 aromatic heterocycles. The van der Waals surface area contributed by atoms with E-state index in [0.717, 1.165) is 32.1 Å². The molecule has 3 rings (SSSR count). The number of hydrogen-bond acceptors (Lipinski definition) is 6. The predicted octanol–water partition coefficient (Wildman–Crippen LogP) is 3.12. The van der Waals surface area contributed by atoms with E-state index in [4.69, 9.17) is 34.7 Å². The molecule has 1 aromatic carbocycles. The molecule has 0 bridgehead atoms. The van der Waals surface area contributed by atoms with Gasteiger partial charge in [0.2, 0.25) is 11.9 Å².